The van der Waals surface area contributed by atoms with Crippen molar-refractivity contribution in [1.82, 2.24) is 4.98 Å². The molecule has 0 aliphatic carbocycles. The van der Waals surface area contributed by atoms with Crippen LogP contribution in [0, 0.1) is 0 Å². The third-order valence-corrected chi connectivity index (χ3v) is 4.25. The Bertz CT molecular complexity index is 645. The van der Waals surface area contributed by atoms with Crippen LogP contribution in [0.25, 0.3) is 0 Å². The molecule has 0 amide bonds. The number of rotatable bonds is 3. The van der Waals surface area contributed by atoms with Crippen LogP contribution in [0.1, 0.15) is 43.1 Å². The van der Waals surface area contributed by atoms with Gasteiger partial charge in [-0.25, -0.2) is 4.98 Å². The van der Waals surface area contributed by atoms with Gasteiger partial charge in [-0.1, -0.05) is 20.8 Å². The van der Waals surface area contributed by atoms with E-state index in [9.17, 15) is 5.11 Å². The molecule has 0 spiro atoms. The van der Waals surface area contributed by atoms with Gasteiger partial charge < -0.3 is 14.6 Å². The molecule has 112 valence electrons. The number of hydrogen-bond donors (Lipinski definition) is 1. The first-order valence-electron chi connectivity index (χ1n) is 6.96. The predicted molar refractivity (Wildman–Crippen MR) is 82.0 cm³/mol. The van der Waals surface area contributed by atoms with E-state index in [1.807, 2.05) is 18.2 Å². The van der Waals surface area contributed by atoms with E-state index in [4.69, 9.17) is 9.47 Å². The van der Waals surface area contributed by atoms with Crippen molar-refractivity contribution in [3.05, 3.63) is 39.8 Å². The van der Waals surface area contributed by atoms with Crippen molar-refractivity contribution in [3.63, 3.8) is 0 Å². The molecule has 2 heterocycles. The van der Waals surface area contributed by atoms with E-state index in [-0.39, 0.29) is 5.41 Å². The van der Waals surface area contributed by atoms with Gasteiger partial charge in [0.1, 0.15) is 35.8 Å². The molecule has 5 heteroatoms. The zero-order valence-corrected chi connectivity index (χ0v) is 13.2. The molecule has 1 aliphatic rings. The van der Waals surface area contributed by atoms with Crippen LogP contribution in [-0.2, 0) is 12.0 Å². The number of benzene rings is 1. The Hall–Kier alpha value is -1.59. The normalized spacial score (nSPS) is 17.4. The molecule has 0 bridgehead atoms. The Morgan fingerprint density at radius 3 is 2.95 bits per heavy atom. The number of ether oxygens (including phenoxy) is 2. The number of fused-ring (bicyclic) bond motifs is 1. The molecule has 4 nitrogen and oxygen atoms in total. The van der Waals surface area contributed by atoms with Crippen molar-refractivity contribution in [1.29, 1.82) is 0 Å². The summed E-state index contributed by atoms with van der Waals surface area (Å²) in [7, 11) is 0. The molecule has 0 radical (unpaired) electrons. The fourth-order valence-corrected chi connectivity index (χ4v) is 3.06. The molecule has 2 aromatic rings. The molecule has 1 atom stereocenters. The Morgan fingerprint density at radius 2 is 2.24 bits per heavy atom. The monoisotopic (exact) mass is 305 g/mol. The summed E-state index contributed by atoms with van der Waals surface area (Å²) in [5.41, 5.74) is 1.98. The zero-order valence-electron chi connectivity index (χ0n) is 12.4. The first-order valence-corrected chi connectivity index (χ1v) is 7.84. The molecule has 1 aliphatic heterocycles. The van der Waals surface area contributed by atoms with E-state index in [2.05, 4.69) is 31.1 Å². The summed E-state index contributed by atoms with van der Waals surface area (Å²) in [6.07, 6.45) is -0.526. The van der Waals surface area contributed by atoms with Gasteiger partial charge in [-0.05, 0) is 12.1 Å². The van der Waals surface area contributed by atoms with Crippen molar-refractivity contribution in [3.8, 4) is 11.5 Å². The van der Waals surface area contributed by atoms with E-state index in [0.717, 1.165) is 22.0 Å². The Balaban J connectivity index is 1.67. The van der Waals surface area contributed by atoms with Crippen LogP contribution in [0.2, 0.25) is 0 Å². The summed E-state index contributed by atoms with van der Waals surface area (Å²) in [6, 6.07) is 5.53. The van der Waals surface area contributed by atoms with E-state index < -0.39 is 6.10 Å². The quantitative estimate of drug-likeness (QED) is 0.943. The lowest BCUT2D eigenvalue weighted by atomic mass is 9.93. The minimum Gasteiger partial charge on any atom is -0.490 e. The molecule has 0 fully saturated rings. The lowest BCUT2D eigenvalue weighted by molar-refractivity contribution is 0.140. The highest BCUT2D eigenvalue weighted by Gasteiger charge is 2.22. The Kier molecular flexibility index (Phi) is 3.63. The van der Waals surface area contributed by atoms with E-state index in [1.165, 1.54) is 0 Å². The fourth-order valence-electron chi connectivity index (χ4n) is 2.13. The van der Waals surface area contributed by atoms with Crippen LogP contribution < -0.4 is 9.47 Å². The third-order valence-electron chi connectivity index (χ3n) is 3.42. The second-order valence-corrected chi connectivity index (χ2v) is 7.13. The largest absolute Gasteiger partial charge is 0.490 e. The lowest BCUT2D eigenvalue weighted by Crippen LogP contribution is -2.11. The lowest BCUT2D eigenvalue weighted by Gasteiger charge is -2.14. The molecular weight excluding hydrogens is 286 g/mol. The minimum atomic E-state index is -0.526. The van der Waals surface area contributed by atoms with Crippen LogP contribution in [0.5, 0.6) is 11.5 Å². The molecule has 21 heavy (non-hydrogen) atoms. The molecule has 1 aromatic heterocycles. The summed E-state index contributed by atoms with van der Waals surface area (Å²) in [5.74, 6) is 1.44. The predicted octanol–water partition coefficient (Wildman–Crippen LogP) is 3.45. The Labute approximate surface area is 128 Å². The zero-order chi connectivity index (χ0) is 15.0. The van der Waals surface area contributed by atoms with Crippen molar-refractivity contribution >= 4 is 11.3 Å². The summed E-state index contributed by atoms with van der Waals surface area (Å²) < 4.78 is 11.2. The summed E-state index contributed by atoms with van der Waals surface area (Å²) in [5, 5.41) is 12.7. The van der Waals surface area contributed by atoms with Crippen LogP contribution in [0.3, 0.4) is 0 Å². The number of thiazole rings is 1. The van der Waals surface area contributed by atoms with Crippen LogP contribution >= 0.6 is 11.3 Å². The van der Waals surface area contributed by atoms with Gasteiger partial charge in [0, 0.05) is 22.4 Å². The molecule has 1 N–H and O–H groups in total. The van der Waals surface area contributed by atoms with Gasteiger partial charge >= 0.3 is 0 Å². The molecule has 0 saturated heterocycles. The highest BCUT2D eigenvalue weighted by atomic mass is 32.1. The van der Waals surface area contributed by atoms with Gasteiger partial charge in [0.25, 0.3) is 0 Å². The number of hydrogen-bond acceptors (Lipinski definition) is 5. The Morgan fingerprint density at radius 1 is 1.43 bits per heavy atom. The maximum absolute atomic E-state index is 9.68. The van der Waals surface area contributed by atoms with Crippen molar-refractivity contribution in [2.75, 3.05) is 6.61 Å². The van der Waals surface area contributed by atoms with Gasteiger partial charge in [-0.15, -0.1) is 11.3 Å². The second kappa shape index (κ2) is 5.31. The van der Waals surface area contributed by atoms with E-state index in [1.54, 1.807) is 11.3 Å². The van der Waals surface area contributed by atoms with E-state index in [0.29, 0.717) is 19.0 Å². The van der Waals surface area contributed by atoms with Crippen molar-refractivity contribution < 1.29 is 14.6 Å². The average Bonchev–Trinajstić information content (AvgIpc) is 3.03. The highest BCUT2D eigenvalue weighted by Crippen LogP contribution is 2.35. The number of aromatic nitrogens is 1. The van der Waals surface area contributed by atoms with Crippen LogP contribution in [0.15, 0.2) is 23.6 Å². The van der Waals surface area contributed by atoms with Gasteiger partial charge in [0.05, 0.1) is 5.69 Å². The highest BCUT2D eigenvalue weighted by molar-refractivity contribution is 7.09. The fraction of sp³-hybridized carbons (Fsp3) is 0.438. The van der Waals surface area contributed by atoms with Gasteiger partial charge in [-0.3, -0.25) is 0 Å². The first-order chi connectivity index (χ1) is 9.93. The minimum absolute atomic E-state index is 0.0618. The molecule has 1 aromatic carbocycles. The van der Waals surface area contributed by atoms with Crippen LogP contribution in [-0.4, -0.2) is 16.7 Å². The number of aliphatic hydroxyl groups excluding tert-OH is 1. The third kappa shape index (κ3) is 3.04. The van der Waals surface area contributed by atoms with Crippen LogP contribution in [0.4, 0.5) is 0 Å². The summed E-state index contributed by atoms with van der Waals surface area (Å²) in [4.78, 5) is 4.60. The second-order valence-electron chi connectivity index (χ2n) is 6.19. The molecule has 1 unspecified atom stereocenters. The van der Waals surface area contributed by atoms with Gasteiger partial charge in [0.15, 0.2) is 0 Å². The van der Waals surface area contributed by atoms with Gasteiger partial charge in [0.2, 0.25) is 0 Å². The standard InChI is InChI=1S/C16H19NO3S/c1-16(2,3)14-9-21-15(17-14)8-19-10-4-5-11-12(18)7-20-13(11)6-10/h4-6,9,12,18H,7-8H2,1-3H3. The van der Waals surface area contributed by atoms with Crippen molar-refractivity contribution in [2.24, 2.45) is 0 Å². The topological polar surface area (TPSA) is 51.6 Å². The number of nitrogens with zero attached hydrogens (tertiary/aromatic N) is 1. The van der Waals surface area contributed by atoms with Crippen molar-refractivity contribution in [2.45, 2.75) is 38.9 Å². The average molecular weight is 305 g/mol. The smallest absolute Gasteiger partial charge is 0.140 e. The molecule has 0 saturated carbocycles. The van der Waals surface area contributed by atoms with Gasteiger partial charge in [-0.2, -0.15) is 0 Å². The number of aliphatic hydroxyl groups is 1. The maximum atomic E-state index is 9.68. The van der Waals surface area contributed by atoms with E-state index >= 15 is 0 Å². The summed E-state index contributed by atoms with van der Waals surface area (Å²) >= 11 is 1.61. The first kappa shape index (κ1) is 14.4. The summed E-state index contributed by atoms with van der Waals surface area (Å²) in [6.45, 7) is 7.21. The molecular formula is C16H19NO3S. The maximum Gasteiger partial charge on any atom is 0.140 e. The SMILES string of the molecule is CC(C)(C)c1csc(COc2ccc3c(c2)OCC3O)n1. The molecule has 3 rings (SSSR count).